The Kier molecular flexibility index (Phi) is 6.10. The molecule has 0 aliphatic rings. The average molecular weight is 432 g/mol. The fourth-order valence-electron chi connectivity index (χ4n) is 3.89. The second-order valence-electron chi connectivity index (χ2n) is 8.50. The van der Waals surface area contributed by atoms with Crippen molar-refractivity contribution in [2.45, 2.75) is 32.9 Å². The minimum absolute atomic E-state index is 0.0690. The minimum atomic E-state index is -0.158. The van der Waals surface area contributed by atoms with E-state index in [1.54, 1.807) is 12.5 Å². The number of benzene rings is 1. The molecule has 0 saturated heterocycles. The maximum atomic E-state index is 13.4. The molecule has 7 heteroatoms. The Balaban J connectivity index is 1.74. The third kappa shape index (κ3) is 4.16. The van der Waals surface area contributed by atoms with Crippen LogP contribution in [-0.2, 0) is 0 Å². The van der Waals surface area contributed by atoms with Crippen LogP contribution in [0.5, 0.6) is 0 Å². The van der Waals surface area contributed by atoms with Gasteiger partial charge in [0.25, 0.3) is 5.91 Å². The molecular weight excluding hydrogens is 402 g/mol. The van der Waals surface area contributed by atoms with Crippen molar-refractivity contribution in [3.8, 4) is 11.3 Å². The number of hydrogen-bond acceptors (Lipinski definition) is 5. The summed E-state index contributed by atoms with van der Waals surface area (Å²) in [5, 5.41) is 8.34. The maximum absolute atomic E-state index is 13.4. The van der Waals surface area contributed by atoms with Gasteiger partial charge in [0.1, 0.15) is 5.76 Å². The lowest BCUT2D eigenvalue weighted by molar-refractivity contribution is 0.0940. The van der Waals surface area contributed by atoms with E-state index in [2.05, 4.69) is 24.3 Å². The number of likely N-dealkylation sites (N-methyl/N-ethyl adjacent to an activating group) is 1. The highest BCUT2D eigenvalue weighted by atomic mass is 16.3. The first-order valence-corrected chi connectivity index (χ1v) is 10.8. The zero-order valence-corrected chi connectivity index (χ0v) is 19.2. The molecular formula is C25H29N5O2. The van der Waals surface area contributed by atoms with Gasteiger partial charge in [0, 0.05) is 18.2 Å². The highest BCUT2D eigenvalue weighted by molar-refractivity contribution is 6.06. The fourth-order valence-corrected chi connectivity index (χ4v) is 3.89. The van der Waals surface area contributed by atoms with Crippen LogP contribution in [-0.4, -0.2) is 46.2 Å². The molecule has 3 aromatic heterocycles. The van der Waals surface area contributed by atoms with Crippen LogP contribution in [0.4, 0.5) is 0 Å². The Morgan fingerprint density at radius 2 is 1.97 bits per heavy atom. The number of rotatable bonds is 7. The molecule has 1 amide bonds. The van der Waals surface area contributed by atoms with Gasteiger partial charge in [0.2, 0.25) is 0 Å². The van der Waals surface area contributed by atoms with Crippen molar-refractivity contribution in [2.75, 3.05) is 20.6 Å². The Hall–Kier alpha value is -3.45. The molecule has 1 unspecified atom stereocenters. The molecule has 0 saturated carbocycles. The van der Waals surface area contributed by atoms with Gasteiger partial charge < -0.3 is 9.73 Å². The molecule has 1 aromatic carbocycles. The highest BCUT2D eigenvalue weighted by Gasteiger charge is 2.22. The summed E-state index contributed by atoms with van der Waals surface area (Å²) >= 11 is 0. The zero-order valence-electron chi connectivity index (χ0n) is 19.2. The van der Waals surface area contributed by atoms with Gasteiger partial charge in [-0.05, 0) is 58.6 Å². The molecule has 0 spiro atoms. The van der Waals surface area contributed by atoms with Crippen LogP contribution in [0.2, 0.25) is 0 Å². The van der Waals surface area contributed by atoms with Crippen molar-refractivity contribution in [3.63, 3.8) is 0 Å². The largest absolute Gasteiger partial charge is 0.468 e. The molecule has 3 heterocycles. The number of nitrogens with one attached hydrogen (secondary N) is 1. The van der Waals surface area contributed by atoms with Crippen LogP contribution >= 0.6 is 0 Å². The first kappa shape index (κ1) is 21.8. The van der Waals surface area contributed by atoms with E-state index in [1.807, 2.05) is 73.1 Å². The normalized spacial score (nSPS) is 12.6. The number of aryl methyl sites for hydroxylation is 1. The lowest BCUT2D eigenvalue weighted by atomic mass is 10.0. The summed E-state index contributed by atoms with van der Waals surface area (Å²) in [6.07, 6.45) is 3.38. The van der Waals surface area contributed by atoms with Gasteiger partial charge in [-0.1, -0.05) is 24.3 Å². The maximum Gasteiger partial charge on any atom is 0.252 e. The van der Waals surface area contributed by atoms with Crippen LogP contribution in [0.1, 0.15) is 47.6 Å². The Morgan fingerprint density at radius 1 is 1.19 bits per heavy atom. The highest BCUT2D eigenvalue weighted by Crippen LogP contribution is 2.28. The van der Waals surface area contributed by atoms with Gasteiger partial charge >= 0.3 is 0 Å². The zero-order chi connectivity index (χ0) is 22.8. The van der Waals surface area contributed by atoms with E-state index in [0.717, 1.165) is 28.0 Å². The molecule has 7 nitrogen and oxygen atoms in total. The van der Waals surface area contributed by atoms with Gasteiger partial charge in [-0.25, -0.2) is 9.67 Å². The SMILES string of the molecule is Cc1ccccc1-c1cc(C(=O)NCC(c2ccco2)N(C)C)c2cnn(C(C)C)c2n1. The van der Waals surface area contributed by atoms with E-state index in [4.69, 9.17) is 9.40 Å². The summed E-state index contributed by atoms with van der Waals surface area (Å²) in [7, 11) is 3.93. The summed E-state index contributed by atoms with van der Waals surface area (Å²) < 4.78 is 7.43. The second kappa shape index (κ2) is 8.96. The van der Waals surface area contributed by atoms with Crippen molar-refractivity contribution >= 4 is 16.9 Å². The molecule has 0 aliphatic heterocycles. The molecule has 1 N–H and O–H groups in total. The first-order chi connectivity index (χ1) is 15.4. The van der Waals surface area contributed by atoms with E-state index in [9.17, 15) is 4.79 Å². The van der Waals surface area contributed by atoms with Gasteiger partial charge in [-0.15, -0.1) is 0 Å². The van der Waals surface area contributed by atoms with Crippen LogP contribution < -0.4 is 5.32 Å². The summed E-state index contributed by atoms with van der Waals surface area (Å²) in [5.41, 5.74) is 4.14. The number of fused-ring (bicyclic) bond motifs is 1. The Morgan fingerprint density at radius 3 is 2.62 bits per heavy atom. The van der Waals surface area contributed by atoms with Gasteiger partial charge in [0.15, 0.2) is 5.65 Å². The summed E-state index contributed by atoms with van der Waals surface area (Å²) in [6, 6.07) is 13.8. The van der Waals surface area contributed by atoms with Gasteiger partial charge in [0.05, 0.1) is 35.1 Å². The summed E-state index contributed by atoms with van der Waals surface area (Å²) in [5.74, 6) is 0.650. The molecule has 4 aromatic rings. The standard InChI is InChI=1S/C25H29N5O2/c1-16(2)30-24-20(14-27-30)19(13-21(28-24)18-10-7-6-9-17(18)3)25(31)26-15-22(29(4)5)23-11-8-12-32-23/h6-14,16,22H,15H2,1-5H3,(H,26,31). The van der Waals surface area contributed by atoms with Crippen LogP contribution in [0.3, 0.4) is 0 Å². The number of amides is 1. The molecule has 0 radical (unpaired) electrons. The monoisotopic (exact) mass is 431 g/mol. The first-order valence-electron chi connectivity index (χ1n) is 10.8. The minimum Gasteiger partial charge on any atom is -0.468 e. The number of nitrogens with zero attached hydrogens (tertiary/aromatic N) is 4. The lowest BCUT2D eigenvalue weighted by Gasteiger charge is -2.22. The predicted molar refractivity (Wildman–Crippen MR) is 126 cm³/mol. The van der Waals surface area contributed by atoms with E-state index < -0.39 is 0 Å². The van der Waals surface area contributed by atoms with Crippen LogP contribution in [0.15, 0.2) is 59.3 Å². The number of aromatic nitrogens is 3. The van der Waals surface area contributed by atoms with E-state index in [-0.39, 0.29) is 18.0 Å². The molecule has 166 valence electrons. The van der Waals surface area contributed by atoms with Crippen molar-refractivity contribution in [3.05, 3.63) is 71.8 Å². The predicted octanol–water partition coefficient (Wildman–Crippen LogP) is 4.61. The molecule has 0 fully saturated rings. The summed E-state index contributed by atoms with van der Waals surface area (Å²) in [6.45, 7) is 6.58. The quantitative estimate of drug-likeness (QED) is 0.462. The third-order valence-electron chi connectivity index (χ3n) is 5.67. The molecule has 0 bridgehead atoms. The van der Waals surface area contributed by atoms with Gasteiger partial charge in [-0.2, -0.15) is 5.10 Å². The molecule has 32 heavy (non-hydrogen) atoms. The molecule has 1 atom stereocenters. The van der Waals surface area contributed by atoms with Crippen molar-refractivity contribution < 1.29 is 9.21 Å². The van der Waals surface area contributed by atoms with Crippen molar-refractivity contribution in [1.82, 2.24) is 25.0 Å². The van der Waals surface area contributed by atoms with Crippen molar-refractivity contribution in [1.29, 1.82) is 0 Å². The topological polar surface area (TPSA) is 76.2 Å². The number of hydrogen-bond donors (Lipinski definition) is 1. The molecule has 4 rings (SSSR count). The fraction of sp³-hybridized carbons (Fsp3) is 0.320. The van der Waals surface area contributed by atoms with E-state index in [0.29, 0.717) is 17.8 Å². The Labute approximate surface area is 188 Å². The number of furan rings is 1. The average Bonchev–Trinajstić information content (AvgIpc) is 3.43. The Bertz CT molecular complexity index is 1220. The number of carbonyl (C=O) groups excluding carboxylic acids is 1. The smallest absolute Gasteiger partial charge is 0.252 e. The second-order valence-corrected chi connectivity index (χ2v) is 8.50. The molecule has 0 aliphatic carbocycles. The van der Waals surface area contributed by atoms with E-state index >= 15 is 0 Å². The van der Waals surface area contributed by atoms with Crippen molar-refractivity contribution in [2.24, 2.45) is 0 Å². The van der Waals surface area contributed by atoms with Crippen LogP contribution in [0.25, 0.3) is 22.3 Å². The van der Waals surface area contributed by atoms with E-state index in [1.165, 1.54) is 0 Å². The lowest BCUT2D eigenvalue weighted by Crippen LogP contribution is -2.34. The summed E-state index contributed by atoms with van der Waals surface area (Å²) in [4.78, 5) is 20.3. The number of carbonyl (C=O) groups is 1. The third-order valence-corrected chi connectivity index (χ3v) is 5.67. The van der Waals surface area contributed by atoms with Crippen LogP contribution in [0, 0.1) is 6.92 Å². The number of pyridine rings is 1. The van der Waals surface area contributed by atoms with Gasteiger partial charge in [-0.3, -0.25) is 9.69 Å².